The van der Waals surface area contributed by atoms with Gasteiger partial charge in [0, 0.05) is 11.5 Å². The normalized spacial score (nSPS) is 10.8. The molecule has 3 aromatic rings. The molecule has 96 valence electrons. The fourth-order valence-corrected chi connectivity index (χ4v) is 2.03. The van der Waals surface area contributed by atoms with Gasteiger partial charge in [-0.05, 0) is 13.0 Å². The third-order valence-corrected chi connectivity index (χ3v) is 2.92. The summed E-state index contributed by atoms with van der Waals surface area (Å²) in [6, 6.07) is 9.76. The van der Waals surface area contributed by atoms with E-state index in [1.165, 1.54) is 0 Å². The molecule has 0 spiro atoms. The van der Waals surface area contributed by atoms with Crippen LogP contribution in [0.15, 0.2) is 41.1 Å². The van der Waals surface area contributed by atoms with Gasteiger partial charge in [0.1, 0.15) is 0 Å². The smallest absolute Gasteiger partial charge is 0.156 e. The van der Waals surface area contributed by atoms with Gasteiger partial charge in [-0.2, -0.15) is 0 Å². The standard InChI is InChI=1S/C14H14N4O/c1-9-6-10(19-18-9)7-17-14-11-4-2-3-5-13(11)16-8-12(14)15/h2-6,8H,7,15H2,1H3,(H,16,17). The maximum absolute atomic E-state index is 5.98. The van der Waals surface area contributed by atoms with Crippen LogP contribution in [0.4, 0.5) is 11.4 Å². The fourth-order valence-electron chi connectivity index (χ4n) is 2.03. The number of aromatic nitrogens is 2. The van der Waals surface area contributed by atoms with E-state index in [1.807, 2.05) is 37.3 Å². The molecule has 0 aliphatic carbocycles. The number of nitrogen functional groups attached to an aromatic ring is 1. The average molecular weight is 254 g/mol. The first kappa shape index (κ1) is 11.5. The number of pyridine rings is 1. The molecule has 0 aliphatic rings. The number of nitrogens with two attached hydrogens (primary N) is 1. The van der Waals surface area contributed by atoms with Gasteiger partial charge in [-0.1, -0.05) is 23.4 Å². The number of aryl methyl sites for hydroxylation is 1. The van der Waals surface area contributed by atoms with Gasteiger partial charge in [-0.25, -0.2) is 0 Å². The topological polar surface area (TPSA) is 77.0 Å². The van der Waals surface area contributed by atoms with Crippen LogP contribution in [0.2, 0.25) is 0 Å². The molecule has 3 N–H and O–H groups in total. The second kappa shape index (κ2) is 4.61. The van der Waals surface area contributed by atoms with Crippen LogP contribution in [0.1, 0.15) is 11.5 Å². The molecule has 0 fully saturated rings. The number of para-hydroxylation sites is 1. The van der Waals surface area contributed by atoms with Gasteiger partial charge in [0.25, 0.3) is 0 Å². The second-order valence-electron chi connectivity index (χ2n) is 4.39. The molecule has 0 radical (unpaired) electrons. The van der Waals surface area contributed by atoms with Crippen LogP contribution >= 0.6 is 0 Å². The van der Waals surface area contributed by atoms with Crippen LogP contribution in [0.25, 0.3) is 10.9 Å². The van der Waals surface area contributed by atoms with Crippen molar-refractivity contribution in [3.63, 3.8) is 0 Å². The second-order valence-corrected chi connectivity index (χ2v) is 4.39. The molecule has 2 heterocycles. The minimum Gasteiger partial charge on any atom is -0.396 e. The van der Waals surface area contributed by atoms with E-state index in [9.17, 15) is 0 Å². The summed E-state index contributed by atoms with van der Waals surface area (Å²) in [5.41, 5.74) is 9.26. The Labute approximate surface area is 110 Å². The van der Waals surface area contributed by atoms with Crippen LogP contribution in [-0.2, 0) is 6.54 Å². The van der Waals surface area contributed by atoms with E-state index in [0.29, 0.717) is 12.2 Å². The van der Waals surface area contributed by atoms with E-state index in [4.69, 9.17) is 10.3 Å². The molecule has 0 saturated heterocycles. The SMILES string of the molecule is Cc1cc(CNc2c(N)cnc3ccccc23)on1. The van der Waals surface area contributed by atoms with E-state index >= 15 is 0 Å². The van der Waals surface area contributed by atoms with Crippen molar-refractivity contribution >= 4 is 22.3 Å². The van der Waals surface area contributed by atoms with Gasteiger partial charge < -0.3 is 15.6 Å². The van der Waals surface area contributed by atoms with Crippen molar-refractivity contribution < 1.29 is 4.52 Å². The predicted molar refractivity (Wildman–Crippen MR) is 74.7 cm³/mol. The molecule has 1 aromatic carbocycles. The zero-order valence-electron chi connectivity index (χ0n) is 10.6. The first-order chi connectivity index (χ1) is 9.24. The number of fused-ring (bicyclic) bond motifs is 1. The van der Waals surface area contributed by atoms with Gasteiger partial charge in [-0.15, -0.1) is 0 Å². The Bertz CT molecular complexity index is 720. The van der Waals surface area contributed by atoms with E-state index in [1.54, 1.807) is 6.20 Å². The third kappa shape index (κ3) is 2.22. The molecule has 2 aromatic heterocycles. The summed E-state index contributed by atoms with van der Waals surface area (Å²) in [5, 5.41) is 8.14. The van der Waals surface area contributed by atoms with Gasteiger partial charge in [0.15, 0.2) is 5.76 Å². The fraction of sp³-hybridized carbons (Fsp3) is 0.143. The molecule has 0 atom stereocenters. The molecule has 0 aliphatic heterocycles. The summed E-state index contributed by atoms with van der Waals surface area (Å²) in [6.07, 6.45) is 1.66. The van der Waals surface area contributed by atoms with E-state index < -0.39 is 0 Å². The molecule has 0 bridgehead atoms. The lowest BCUT2D eigenvalue weighted by Crippen LogP contribution is -2.03. The Morgan fingerprint density at radius 2 is 2.16 bits per heavy atom. The minimum absolute atomic E-state index is 0.541. The largest absolute Gasteiger partial charge is 0.396 e. The molecule has 3 rings (SSSR count). The lowest BCUT2D eigenvalue weighted by atomic mass is 10.1. The molecule has 5 nitrogen and oxygen atoms in total. The molecular formula is C14H14N4O. The van der Waals surface area contributed by atoms with Crippen LogP contribution in [0, 0.1) is 6.92 Å². The number of rotatable bonds is 3. The van der Waals surface area contributed by atoms with Gasteiger partial charge in [0.2, 0.25) is 0 Å². The van der Waals surface area contributed by atoms with Crippen LogP contribution in [0.3, 0.4) is 0 Å². The number of nitrogens with zero attached hydrogens (tertiary/aromatic N) is 2. The van der Waals surface area contributed by atoms with Gasteiger partial charge in [-0.3, -0.25) is 4.98 Å². The van der Waals surface area contributed by atoms with Crippen LogP contribution in [-0.4, -0.2) is 10.1 Å². The lowest BCUT2D eigenvalue weighted by molar-refractivity contribution is 0.384. The molecular weight excluding hydrogens is 240 g/mol. The Morgan fingerprint density at radius 1 is 1.32 bits per heavy atom. The Balaban J connectivity index is 1.93. The number of hydrogen-bond donors (Lipinski definition) is 2. The maximum atomic E-state index is 5.98. The summed E-state index contributed by atoms with van der Waals surface area (Å²) in [5.74, 6) is 0.776. The minimum atomic E-state index is 0.541. The van der Waals surface area contributed by atoms with Gasteiger partial charge in [0.05, 0.1) is 35.3 Å². The predicted octanol–water partition coefficient (Wildman–Crippen LogP) is 2.73. The highest BCUT2D eigenvalue weighted by molar-refractivity contribution is 5.96. The van der Waals surface area contributed by atoms with E-state index in [0.717, 1.165) is 28.0 Å². The van der Waals surface area contributed by atoms with E-state index in [-0.39, 0.29) is 0 Å². The number of nitrogens with one attached hydrogen (secondary N) is 1. The number of benzene rings is 1. The number of hydrogen-bond acceptors (Lipinski definition) is 5. The van der Waals surface area contributed by atoms with E-state index in [2.05, 4.69) is 15.5 Å². The quantitative estimate of drug-likeness (QED) is 0.751. The average Bonchev–Trinajstić information content (AvgIpc) is 2.83. The summed E-state index contributed by atoms with van der Waals surface area (Å²) >= 11 is 0. The van der Waals surface area contributed by atoms with Crippen molar-refractivity contribution in [2.45, 2.75) is 13.5 Å². The zero-order chi connectivity index (χ0) is 13.2. The Morgan fingerprint density at radius 3 is 2.95 bits per heavy atom. The number of anilines is 2. The van der Waals surface area contributed by atoms with Crippen molar-refractivity contribution in [3.05, 3.63) is 48.0 Å². The summed E-state index contributed by atoms with van der Waals surface area (Å²) < 4.78 is 5.17. The van der Waals surface area contributed by atoms with Crippen molar-refractivity contribution in [3.8, 4) is 0 Å². The lowest BCUT2D eigenvalue weighted by Gasteiger charge is -2.10. The Kier molecular flexibility index (Phi) is 2.79. The van der Waals surface area contributed by atoms with Crippen molar-refractivity contribution in [2.24, 2.45) is 0 Å². The monoisotopic (exact) mass is 254 g/mol. The van der Waals surface area contributed by atoms with Crippen LogP contribution < -0.4 is 11.1 Å². The summed E-state index contributed by atoms with van der Waals surface area (Å²) in [7, 11) is 0. The molecule has 0 saturated carbocycles. The summed E-state index contributed by atoms with van der Waals surface area (Å²) in [4.78, 5) is 4.30. The first-order valence-electron chi connectivity index (χ1n) is 6.03. The Hall–Kier alpha value is -2.56. The molecule has 5 heteroatoms. The first-order valence-corrected chi connectivity index (χ1v) is 6.03. The summed E-state index contributed by atoms with van der Waals surface area (Å²) in [6.45, 7) is 2.43. The van der Waals surface area contributed by atoms with Crippen molar-refractivity contribution in [1.29, 1.82) is 0 Å². The third-order valence-electron chi connectivity index (χ3n) is 2.92. The highest BCUT2D eigenvalue weighted by Gasteiger charge is 2.07. The van der Waals surface area contributed by atoms with Crippen molar-refractivity contribution in [1.82, 2.24) is 10.1 Å². The van der Waals surface area contributed by atoms with Gasteiger partial charge >= 0.3 is 0 Å². The van der Waals surface area contributed by atoms with Crippen molar-refractivity contribution in [2.75, 3.05) is 11.1 Å². The highest BCUT2D eigenvalue weighted by Crippen LogP contribution is 2.27. The zero-order valence-corrected chi connectivity index (χ0v) is 10.6. The molecule has 0 unspecified atom stereocenters. The molecule has 0 amide bonds. The van der Waals surface area contributed by atoms with Crippen LogP contribution in [0.5, 0.6) is 0 Å². The molecule has 19 heavy (non-hydrogen) atoms. The highest BCUT2D eigenvalue weighted by atomic mass is 16.5. The maximum Gasteiger partial charge on any atom is 0.156 e.